The minimum absolute atomic E-state index is 0.0707. The number of unbranched alkanes of at least 4 members (excludes halogenated alkanes) is 30. The maximum Gasteiger partial charge on any atom is 0.270 e. The molecule has 0 aromatic carbocycles. The summed E-state index contributed by atoms with van der Waals surface area (Å²) in [6, 6.07) is 4.36. The van der Waals surface area contributed by atoms with Gasteiger partial charge < -0.3 is 16.0 Å². The molecule has 54 heavy (non-hydrogen) atoms. The molecular weight excluding hydrogens is 669 g/mol. The van der Waals surface area contributed by atoms with Gasteiger partial charge in [0.25, 0.3) is 5.91 Å². The van der Waals surface area contributed by atoms with E-state index in [9.17, 15) is 14.4 Å². The lowest BCUT2D eigenvalue weighted by Gasteiger charge is -2.18. The third kappa shape index (κ3) is 31.9. The van der Waals surface area contributed by atoms with Crippen molar-refractivity contribution in [2.75, 3.05) is 13.1 Å². The van der Waals surface area contributed by atoms with Crippen LogP contribution in [0, 0.1) is 0 Å². The Hall–Kier alpha value is -2.44. The van der Waals surface area contributed by atoms with E-state index in [0.29, 0.717) is 13.1 Å². The molecule has 1 aromatic heterocycles. The summed E-state index contributed by atoms with van der Waals surface area (Å²) in [5.41, 5.74) is 0.265. The molecule has 0 spiro atoms. The van der Waals surface area contributed by atoms with Crippen LogP contribution in [-0.4, -0.2) is 41.8 Å². The molecule has 0 bridgehead atoms. The molecule has 7 nitrogen and oxygen atoms in total. The van der Waals surface area contributed by atoms with Crippen LogP contribution in [0.15, 0.2) is 24.4 Å². The van der Waals surface area contributed by atoms with Gasteiger partial charge in [-0.05, 0) is 31.4 Å². The Balaban J connectivity index is 2.14. The number of hydrogen-bond donors (Lipinski definition) is 3. The highest BCUT2D eigenvalue weighted by Gasteiger charge is 2.22. The number of amides is 3. The van der Waals surface area contributed by atoms with Gasteiger partial charge >= 0.3 is 0 Å². The van der Waals surface area contributed by atoms with Crippen LogP contribution in [0.5, 0.6) is 0 Å². The van der Waals surface area contributed by atoms with Crippen LogP contribution in [-0.2, 0) is 9.59 Å². The second-order valence-electron chi connectivity index (χ2n) is 16.0. The van der Waals surface area contributed by atoms with Crippen LogP contribution in [0.1, 0.15) is 243 Å². The van der Waals surface area contributed by atoms with E-state index < -0.39 is 11.9 Å². The summed E-state index contributed by atoms with van der Waals surface area (Å²) in [5, 5.41) is 8.86. The molecule has 0 aliphatic rings. The summed E-state index contributed by atoms with van der Waals surface area (Å²) in [7, 11) is 0. The predicted octanol–water partition coefficient (Wildman–Crippen LogP) is 12.7. The Morgan fingerprint density at radius 2 is 0.870 bits per heavy atom. The zero-order chi connectivity index (χ0) is 39.0. The average molecular weight is 755 g/mol. The van der Waals surface area contributed by atoms with Gasteiger partial charge in [0.2, 0.25) is 11.8 Å². The number of nitrogens with one attached hydrogen (secondary N) is 3. The number of rotatable bonds is 40. The molecule has 0 saturated carbocycles. The molecule has 0 fully saturated rings. The molecule has 312 valence electrons. The fraction of sp³-hybridized carbons (Fsp3) is 0.830. The molecule has 1 aromatic rings. The Morgan fingerprint density at radius 1 is 0.500 bits per heavy atom. The van der Waals surface area contributed by atoms with E-state index in [1.807, 2.05) is 0 Å². The van der Waals surface area contributed by atoms with Crippen molar-refractivity contribution in [3.05, 3.63) is 30.1 Å². The summed E-state index contributed by atoms with van der Waals surface area (Å²) in [5.74, 6) is -0.698. The maximum absolute atomic E-state index is 13.1. The van der Waals surface area contributed by atoms with Gasteiger partial charge in [0, 0.05) is 25.7 Å². The van der Waals surface area contributed by atoms with Crippen molar-refractivity contribution in [3.63, 3.8) is 0 Å². The number of hydrogen-bond acceptors (Lipinski definition) is 4. The molecule has 1 atom stereocenters. The molecule has 1 heterocycles. The zero-order valence-corrected chi connectivity index (χ0v) is 35.5. The summed E-state index contributed by atoms with van der Waals surface area (Å²) in [6.45, 7) is 5.80. The van der Waals surface area contributed by atoms with E-state index in [1.165, 1.54) is 180 Å². The van der Waals surface area contributed by atoms with E-state index in [2.05, 4.69) is 34.8 Å². The third-order valence-corrected chi connectivity index (χ3v) is 10.9. The van der Waals surface area contributed by atoms with E-state index >= 15 is 0 Å². The molecule has 0 radical (unpaired) electrons. The normalized spacial score (nSPS) is 11.7. The molecule has 1 rings (SSSR count). The van der Waals surface area contributed by atoms with E-state index in [4.69, 9.17) is 0 Å². The fourth-order valence-electron chi connectivity index (χ4n) is 7.27. The standard InChI is InChI=1S/C47H86N4O3/c1-3-5-7-9-11-13-15-17-19-21-23-25-27-29-31-34-41-49-45(52)39-38-44(51-47(54)43-37-33-36-40-48-43)46(53)50-42-35-32-30-28-26-24-22-20-18-16-14-12-10-8-6-4-2/h33,36-37,40,44H,3-32,34-35,38-39,41-42H2,1-2H3,(H,49,52)(H,50,53)(H,51,54)/t44-/m0/s1. The number of nitrogens with zero attached hydrogens (tertiary/aromatic N) is 1. The van der Waals surface area contributed by atoms with Crippen LogP contribution >= 0.6 is 0 Å². The van der Waals surface area contributed by atoms with Gasteiger partial charge in [-0.1, -0.05) is 213 Å². The van der Waals surface area contributed by atoms with Gasteiger partial charge in [0.1, 0.15) is 11.7 Å². The number of aromatic nitrogens is 1. The predicted molar refractivity (Wildman–Crippen MR) is 230 cm³/mol. The number of pyridine rings is 1. The number of carbonyl (C=O) groups is 3. The van der Waals surface area contributed by atoms with Crippen LogP contribution < -0.4 is 16.0 Å². The smallest absolute Gasteiger partial charge is 0.270 e. The van der Waals surface area contributed by atoms with Crippen molar-refractivity contribution in [3.8, 4) is 0 Å². The first-order chi connectivity index (χ1) is 26.6. The minimum Gasteiger partial charge on any atom is -0.356 e. The van der Waals surface area contributed by atoms with Crippen LogP contribution in [0.3, 0.4) is 0 Å². The molecule has 0 aliphatic heterocycles. The fourth-order valence-corrected chi connectivity index (χ4v) is 7.27. The largest absolute Gasteiger partial charge is 0.356 e. The first kappa shape index (κ1) is 49.6. The SMILES string of the molecule is CCCCCCCCCCCCCCCCCCNC(=O)CC[C@H](NC(=O)c1ccccn1)C(=O)NCCCCCCCCCCCCCCCCCC. The van der Waals surface area contributed by atoms with Gasteiger partial charge in [0.15, 0.2) is 0 Å². The van der Waals surface area contributed by atoms with Crippen LogP contribution in [0.25, 0.3) is 0 Å². The first-order valence-electron chi connectivity index (χ1n) is 23.3. The summed E-state index contributed by atoms with van der Waals surface area (Å²) >= 11 is 0. The van der Waals surface area contributed by atoms with E-state index in [-0.39, 0.29) is 30.3 Å². The van der Waals surface area contributed by atoms with Gasteiger partial charge in [0.05, 0.1) is 0 Å². The van der Waals surface area contributed by atoms with Crippen LogP contribution in [0.2, 0.25) is 0 Å². The highest BCUT2D eigenvalue weighted by Crippen LogP contribution is 2.15. The zero-order valence-electron chi connectivity index (χ0n) is 35.5. The quantitative estimate of drug-likeness (QED) is 0.0581. The molecule has 3 N–H and O–H groups in total. The lowest BCUT2D eigenvalue weighted by atomic mass is 10.0. The van der Waals surface area contributed by atoms with E-state index in [0.717, 1.165) is 25.7 Å². The van der Waals surface area contributed by atoms with Crippen molar-refractivity contribution in [1.82, 2.24) is 20.9 Å². The molecular formula is C47H86N4O3. The van der Waals surface area contributed by atoms with Crippen molar-refractivity contribution in [2.24, 2.45) is 0 Å². The second kappa shape index (κ2) is 38.8. The third-order valence-electron chi connectivity index (χ3n) is 10.9. The highest BCUT2D eigenvalue weighted by atomic mass is 16.2. The highest BCUT2D eigenvalue weighted by molar-refractivity contribution is 5.96. The van der Waals surface area contributed by atoms with Gasteiger partial charge in [-0.25, -0.2) is 0 Å². The summed E-state index contributed by atoms with van der Waals surface area (Å²) in [6.07, 6.45) is 44.2. The Kier molecular flexibility index (Phi) is 35.6. The van der Waals surface area contributed by atoms with Gasteiger partial charge in [-0.15, -0.1) is 0 Å². The second-order valence-corrected chi connectivity index (χ2v) is 16.0. The van der Waals surface area contributed by atoms with Crippen molar-refractivity contribution >= 4 is 17.7 Å². The van der Waals surface area contributed by atoms with Crippen molar-refractivity contribution in [2.45, 2.75) is 238 Å². The molecule has 7 heteroatoms. The van der Waals surface area contributed by atoms with Crippen LogP contribution in [0.4, 0.5) is 0 Å². The van der Waals surface area contributed by atoms with Crippen molar-refractivity contribution < 1.29 is 14.4 Å². The lowest BCUT2D eigenvalue weighted by molar-refractivity contribution is -0.124. The number of carbonyl (C=O) groups excluding carboxylic acids is 3. The Bertz CT molecular complexity index is 988. The molecule has 0 saturated heterocycles. The Morgan fingerprint density at radius 3 is 1.24 bits per heavy atom. The minimum atomic E-state index is -0.776. The monoisotopic (exact) mass is 755 g/mol. The topological polar surface area (TPSA) is 100 Å². The maximum atomic E-state index is 13.1. The first-order valence-corrected chi connectivity index (χ1v) is 23.3. The van der Waals surface area contributed by atoms with E-state index in [1.54, 1.807) is 24.4 Å². The van der Waals surface area contributed by atoms with Gasteiger partial charge in [-0.2, -0.15) is 0 Å². The van der Waals surface area contributed by atoms with Crippen molar-refractivity contribution in [1.29, 1.82) is 0 Å². The Labute approximate surface area is 333 Å². The van der Waals surface area contributed by atoms with Gasteiger partial charge in [-0.3, -0.25) is 19.4 Å². The average Bonchev–Trinajstić information content (AvgIpc) is 3.19. The molecule has 3 amide bonds. The molecule has 0 aliphatic carbocycles. The summed E-state index contributed by atoms with van der Waals surface area (Å²) in [4.78, 5) is 42.7. The lowest BCUT2D eigenvalue weighted by Crippen LogP contribution is -2.47. The molecule has 0 unspecified atom stereocenters. The summed E-state index contributed by atoms with van der Waals surface area (Å²) < 4.78 is 0.